The third-order valence-corrected chi connectivity index (χ3v) is 14.3. The Morgan fingerprint density at radius 2 is 0.732 bits per heavy atom. The van der Waals surface area contributed by atoms with E-state index < -0.39 is 12.1 Å². The van der Waals surface area contributed by atoms with Crippen molar-refractivity contribution < 1.29 is 24.5 Å². The normalized spacial score (nSPS) is 12.9. The van der Waals surface area contributed by atoms with Crippen LogP contribution in [0.4, 0.5) is 0 Å². The summed E-state index contributed by atoms with van der Waals surface area (Å²) in [4.78, 5) is 24.4. The van der Waals surface area contributed by atoms with E-state index in [0.29, 0.717) is 19.4 Å². The van der Waals surface area contributed by atoms with Gasteiger partial charge in [0.25, 0.3) is 0 Å². The van der Waals surface area contributed by atoms with Crippen LogP contribution in [0.2, 0.25) is 0 Å². The second-order valence-electron chi connectivity index (χ2n) is 21.4. The first-order chi connectivity index (χ1) is 35.0. The van der Waals surface area contributed by atoms with Crippen molar-refractivity contribution in [3.63, 3.8) is 0 Å². The van der Waals surface area contributed by atoms with E-state index in [1.165, 1.54) is 250 Å². The fourth-order valence-electron chi connectivity index (χ4n) is 9.49. The maximum absolute atomic E-state index is 12.4. The third kappa shape index (κ3) is 57.0. The highest BCUT2D eigenvalue weighted by Crippen LogP contribution is 2.17. The van der Waals surface area contributed by atoms with Gasteiger partial charge in [-0.3, -0.25) is 9.59 Å². The van der Waals surface area contributed by atoms with Crippen LogP contribution in [0.15, 0.2) is 48.6 Å². The first-order valence-electron chi connectivity index (χ1n) is 31.4. The van der Waals surface area contributed by atoms with E-state index in [4.69, 9.17) is 4.74 Å². The van der Waals surface area contributed by atoms with Crippen LogP contribution in [-0.4, -0.2) is 47.4 Å². The molecule has 0 saturated heterocycles. The second kappa shape index (κ2) is 60.4. The fraction of sp³-hybridized carbons (Fsp3) is 0.846. The van der Waals surface area contributed by atoms with E-state index in [-0.39, 0.29) is 18.5 Å². The number of unbranched alkanes of at least 4 members (excludes halogenated alkanes) is 41. The molecule has 0 saturated carbocycles. The Kier molecular flexibility index (Phi) is 58.5. The molecule has 71 heavy (non-hydrogen) atoms. The van der Waals surface area contributed by atoms with Crippen molar-refractivity contribution in [3.8, 4) is 0 Å². The number of amides is 1. The van der Waals surface area contributed by atoms with Gasteiger partial charge in [0.05, 0.1) is 25.4 Å². The molecule has 3 N–H and O–H groups in total. The number of hydrogen-bond donors (Lipinski definition) is 3. The highest BCUT2D eigenvalue weighted by Gasteiger charge is 2.18. The zero-order chi connectivity index (χ0) is 51.4. The SMILES string of the molecule is CCC/C=C\C/C=C\CCCCCCCC(=O)OCCCCCCCCCCCCCC/C=C\CCCCCCCCCCCCCCCCCC(=O)NC(CO)C(O)/C=C/CCCCCCCCCC. The van der Waals surface area contributed by atoms with Crippen LogP contribution >= 0.6 is 0 Å². The lowest BCUT2D eigenvalue weighted by Gasteiger charge is -2.20. The lowest BCUT2D eigenvalue weighted by atomic mass is 10.0. The van der Waals surface area contributed by atoms with E-state index in [1.807, 2.05) is 6.08 Å². The first-order valence-corrected chi connectivity index (χ1v) is 31.4. The van der Waals surface area contributed by atoms with Crippen molar-refractivity contribution >= 4 is 11.9 Å². The maximum Gasteiger partial charge on any atom is 0.305 e. The zero-order valence-corrected chi connectivity index (χ0v) is 47.5. The van der Waals surface area contributed by atoms with Gasteiger partial charge in [-0.05, 0) is 83.5 Å². The minimum Gasteiger partial charge on any atom is -0.466 e. The summed E-state index contributed by atoms with van der Waals surface area (Å²) in [6.45, 7) is 4.82. The quantitative estimate of drug-likeness (QED) is 0.0321. The number of carbonyl (C=O) groups is 2. The van der Waals surface area contributed by atoms with Gasteiger partial charge in [0.2, 0.25) is 5.91 Å². The summed E-state index contributed by atoms with van der Waals surface area (Å²) in [5.41, 5.74) is 0. The highest BCUT2D eigenvalue weighted by molar-refractivity contribution is 5.76. The van der Waals surface area contributed by atoms with Gasteiger partial charge in [0.15, 0.2) is 0 Å². The Balaban J connectivity index is 3.36. The molecule has 0 aliphatic rings. The summed E-state index contributed by atoms with van der Waals surface area (Å²) in [6, 6.07) is -0.625. The summed E-state index contributed by atoms with van der Waals surface area (Å²) >= 11 is 0. The predicted octanol–water partition coefficient (Wildman–Crippen LogP) is 19.7. The predicted molar refractivity (Wildman–Crippen MR) is 310 cm³/mol. The Labute approximate surface area is 442 Å². The molecule has 0 aliphatic heterocycles. The first kappa shape index (κ1) is 68.8. The average Bonchev–Trinajstić information content (AvgIpc) is 3.37. The lowest BCUT2D eigenvalue weighted by Crippen LogP contribution is -2.45. The van der Waals surface area contributed by atoms with E-state index in [0.717, 1.165) is 51.4 Å². The minimum atomic E-state index is -0.841. The number of ether oxygens (including phenoxy) is 1. The Bertz CT molecular complexity index is 1190. The van der Waals surface area contributed by atoms with E-state index in [9.17, 15) is 19.8 Å². The van der Waals surface area contributed by atoms with Gasteiger partial charge in [-0.15, -0.1) is 0 Å². The molecule has 6 heteroatoms. The largest absolute Gasteiger partial charge is 0.466 e. The summed E-state index contributed by atoms with van der Waals surface area (Å²) in [6.07, 6.45) is 77.5. The molecule has 0 aromatic rings. The van der Waals surface area contributed by atoms with Crippen LogP contribution in [0.3, 0.4) is 0 Å². The smallest absolute Gasteiger partial charge is 0.305 e. The molecule has 2 unspecified atom stereocenters. The number of carbonyl (C=O) groups excluding carboxylic acids is 2. The molecule has 0 heterocycles. The van der Waals surface area contributed by atoms with E-state index in [2.05, 4.69) is 55.6 Å². The Hall–Kier alpha value is -2.18. The molecule has 0 radical (unpaired) electrons. The van der Waals surface area contributed by atoms with Crippen LogP contribution in [0.1, 0.15) is 328 Å². The van der Waals surface area contributed by atoms with Gasteiger partial charge >= 0.3 is 5.97 Å². The molecule has 0 spiro atoms. The fourth-order valence-corrected chi connectivity index (χ4v) is 9.49. The molecule has 0 aromatic carbocycles. The van der Waals surface area contributed by atoms with Crippen molar-refractivity contribution in [2.24, 2.45) is 0 Å². The topological polar surface area (TPSA) is 95.9 Å². The van der Waals surface area contributed by atoms with Crippen molar-refractivity contribution in [1.29, 1.82) is 0 Å². The zero-order valence-electron chi connectivity index (χ0n) is 47.5. The van der Waals surface area contributed by atoms with Gasteiger partial charge < -0.3 is 20.3 Å². The Morgan fingerprint density at radius 3 is 1.14 bits per heavy atom. The summed E-state index contributed by atoms with van der Waals surface area (Å²) in [5.74, 6) is -0.0661. The summed E-state index contributed by atoms with van der Waals surface area (Å²) < 4.78 is 5.47. The maximum atomic E-state index is 12.4. The van der Waals surface area contributed by atoms with Crippen LogP contribution in [0.5, 0.6) is 0 Å². The monoisotopic (exact) mass is 996 g/mol. The van der Waals surface area contributed by atoms with Crippen LogP contribution in [0.25, 0.3) is 0 Å². The second-order valence-corrected chi connectivity index (χ2v) is 21.4. The van der Waals surface area contributed by atoms with Gasteiger partial charge in [0.1, 0.15) is 0 Å². The van der Waals surface area contributed by atoms with Crippen molar-refractivity contribution in [2.45, 2.75) is 341 Å². The molecule has 0 rings (SSSR count). The molecule has 2 atom stereocenters. The van der Waals surface area contributed by atoms with Crippen molar-refractivity contribution in [3.05, 3.63) is 48.6 Å². The summed E-state index contributed by atoms with van der Waals surface area (Å²) in [5, 5.41) is 23.0. The van der Waals surface area contributed by atoms with E-state index >= 15 is 0 Å². The highest BCUT2D eigenvalue weighted by atomic mass is 16.5. The van der Waals surface area contributed by atoms with Crippen LogP contribution < -0.4 is 5.32 Å². The molecule has 0 fully saturated rings. The van der Waals surface area contributed by atoms with Gasteiger partial charge in [0, 0.05) is 12.8 Å². The molecule has 0 bridgehead atoms. The van der Waals surface area contributed by atoms with Gasteiger partial charge in [-0.25, -0.2) is 0 Å². The molecule has 0 aromatic heterocycles. The average molecular weight is 997 g/mol. The third-order valence-electron chi connectivity index (χ3n) is 14.3. The number of hydrogen-bond acceptors (Lipinski definition) is 5. The number of aliphatic hydroxyl groups is 2. The van der Waals surface area contributed by atoms with Gasteiger partial charge in [-0.2, -0.15) is 0 Å². The van der Waals surface area contributed by atoms with Crippen molar-refractivity contribution in [1.82, 2.24) is 5.32 Å². The minimum absolute atomic E-state index is 0.00151. The van der Waals surface area contributed by atoms with Gasteiger partial charge in [-0.1, -0.05) is 281 Å². The number of allylic oxidation sites excluding steroid dienone is 7. The lowest BCUT2D eigenvalue weighted by molar-refractivity contribution is -0.143. The Morgan fingerprint density at radius 1 is 0.394 bits per heavy atom. The molecule has 416 valence electrons. The number of nitrogens with one attached hydrogen (secondary N) is 1. The number of rotatable bonds is 58. The molecular weight excluding hydrogens is 875 g/mol. The number of esters is 1. The van der Waals surface area contributed by atoms with Crippen LogP contribution in [0, 0.1) is 0 Å². The summed E-state index contributed by atoms with van der Waals surface area (Å²) in [7, 11) is 0. The van der Waals surface area contributed by atoms with Crippen LogP contribution in [-0.2, 0) is 14.3 Å². The molecule has 1 amide bonds. The molecule has 0 aliphatic carbocycles. The standard InChI is InChI=1S/C65H121NO5/c1-3-5-7-9-11-13-15-35-39-43-47-51-55-59-65(70)71-60-56-52-48-44-40-37-34-32-30-28-26-24-22-20-18-16-17-19-21-23-25-27-29-31-33-36-38-42-46-50-54-58-64(69)66-62(61-67)63(68)57-53-49-45-41-14-12-10-8-6-4-2/h7,9,13,15,18,20,53,57,62-63,67-68H,3-6,8,10-12,14,16-17,19,21-52,54-56,58-61H2,1-2H3,(H,66,69)/b9-7-,15-13-,20-18-,57-53+. The van der Waals surface area contributed by atoms with E-state index in [1.54, 1.807) is 6.08 Å². The number of aliphatic hydroxyl groups excluding tert-OH is 2. The molecule has 6 nitrogen and oxygen atoms in total. The van der Waals surface area contributed by atoms with Crippen molar-refractivity contribution in [2.75, 3.05) is 13.2 Å². The molecular formula is C65H121NO5.